The van der Waals surface area contributed by atoms with Crippen LogP contribution < -0.4 is 32.3 Å². The Balaban J connectivity index is 1.40. The van der Waals surface area contributed by atoms with E-state index < -0.39 is 54.9 Å². The zero-order valence-electron chi connectivity index (χ0n) is 29.4. The molecular formula is C38H46N4O8PS+. The molecule has 3 unspecified atom stereocenters. The minimum absolute atomic E-state index is 0.0160. The topological polar surface area (TPSA) is 174 Å². The summed E-state index contributed by atoms with van der Waals surface area (Å²) in [6.45, 7) is -0.149. The molecule has 1 saturated heterocycles. The first-order valence-corrected chi connectivity index (χ1v) is 20.1. The summed E-state index contributed by atoms with van der Waals surface area (Å²) < 4.78 is 9.16. The van der Waals surface area contributed by atoms with Crippen LogP contribution in [0.3, 0.4) is 0 Å². The first kappa shape index (κ1) is 40.2. The number of benzene rings is 3. The fraction of sp³-hybridized carbons (Fsp3) is 0.368. The zero-order valence-corrected chi connectivity index (χ0v) is 31.1. The Bertz CT molecular complexity index is 1590. The molecule has 3 aromatic carbocycles. The van der Waals surface area contributed by atoms with Crippen LogP contribution in [0.4, 0.5) is 0 Å². The fourth-order valence-electron chi connectivity index (χ4n) is 6.09. The van der Waals surface area contributed by atoms with Crippen LogP contribution >= 0.6 is 19.0 Å². The number of amides is 4. The number of thioether (sulfide) groups is 1. The molecule has 1 fully saturated rings. The maximum atomic E-state index is 13.5. The molecule has 0 radical (unpaired) electrons. The average molecular weight is 750 g/mol. The quantitative estimate of drug-likeness (QED) is 0.0709. The molecule has 4 rings (SSSR count). The van der Waals surface area contributed by atoms with Gasteiger partial charge in [0.2, 0.25) is 23.6 Å². The van der Waals surface area contributed by atoms with E-state index in [0.717, 1.165) is 24.3 Å². The van der Waals surface area contributed by atoms with Crippen molar-refractivity contribution in [3.63, 3.8) is 0 Å². The molecular weight excluding hydrogens is 703 g/mol. The predicted octanol–water partition coefficient (Wildman–Crippen LogP) is 1.68. The number of nitrogens with zero attached hydrogens (tertiary/aromatic N) is 1. The Kier molecular flexibility index (Phi) is 15.4. The standard InChI is InChI=1S/C38H45N4O8PS/c1-49-35(45)25-40-36(46)31(41-33(43)21-20-30(39)38(48)50-2)26-52-32-24-34(44)42(37(32)47)22-12-13-23-51(27-14-6-3-7-15-27,28-16-8-4-9-17-28)29-18-10-5-11-19-29/h3-11,14-19,30-32H,12-13,20-26,39H2,1-2H3,(H-,40,41,43,46)/p+1. The highest BCUT2D eigenvalue weighted by Gasteiger charge is 2.45. The molecule has 0 bridgehead atoms. The maximum Gasteiger partial charge on any atom is 0.325 e. The van der Waals surface area contributed by atoms with Gasteiger partial charge >= 0.3 is 11.9 Å². The first-order chi connectivity index (χ1) is 25.1. The Morgan fingerprint density at radius 1 is 0.865 bits per heavy atom. The number of likely N-dealkylation sites (tertiary alicyclic amines) is 1. The molecule has 52 heavy (non-hydrogen) atoms. The van der Waals surface area contributed by atoms with E-state index >= 15 is 0 Å². The summed E-state index contributed by atoms with van der Waals surface area (Å²) in [6, 6.07) is 29.4. The van der Waals surface area contributed by atoms with Gasteiger partial charge < -0.3 is 25.8 Å². The largest absolute Gasteiger partial charge is 0.468 e. The number of unbranched alkanes of at least 4 members (excludes halogenated alkanes) is 1. The number of nitrogens with one attached hydrogen (secondary N) is 2. The van der Waals surface area contributed by atoms with Crippen molar-refractivity contribution in [2.75, 3.05) is 39.2 Å². The number of rotatable bonds is 19. The van der Waals surface area contributed by atoms with E-state index in [1.54, 1.807) is 0 Å². The molecule has 0 aromatic heterocycles. The lowest BCUT2D eigenvalue weighted by Gasteiger charge is -2.28. The van der Waals surface area contributed by atoms with Crippen molar-refractivity contribution in [2.45, 2.75) is 49.4 Å². The highest BCUT2D eigenvalue weighted by atomic mass is 32.2. The summed E-state index contributed by atoms with van der Waals surface area (Å²) in [4.78, 5) is 76.8. The predicted molar refractivity (Wildman–Crippen MR) is 203 cm³/mol. The van der Waals surface area contributed by atoms with Crippen LogP contribution in [0, 0.1) is 0 Å². The molecule has 1 aliphatic heterocycles. The minimum atomic E-state index is -2.06. The molecule has 4 amide bonds. The van der Waals surface area contributed by atoms with Gasteiger partial charge in [0, 0.05) is 25.1 Å². The van der Waals surface area contributed by atoms with Gasteiger partial charge in [-0.2, -0.15) is 0 Å². The van der Waals surface area contributed by atoms with Gasteiger partial charge in [0.25, 0.3) is 0 Å². The van der Waals surface area contributed by atoms with Gasteiger partial charge in [0.1, 0.15) is 41.8 Å². The van der Waals surface area contributed by atoms with Gasteiger partial charge in [-0.1, -0.05) is 54.6 Å². The van der Waals surface area contributed by atoms with Crippen LogP contribution in [0.25, 0.3) is 0 Å². The van der Waals surface area contributed by atoms with E-state index in [2.05, 4.69) is 92.9 Å². The Morgan fingerprint density at radius 2 is 1.42 bits per heavy atom. The number of imide groups is 1. The number of esters is 2. The Labute approximate surface area is 308 Å². The molecule has 3 atom stereocenters. The minimum Gasteiger partial charge on any atom is -0.468 e. The van der Waals surface area contributed by atoms with Crippen molar-refractivity contribution in [3.8, 4) is 0 Å². The third-order valence-corrected chi connectivity index (χ3v) is 14.7. The lowest BCUT2D eigenvalue weighted by molar-refractivity contribution is -0.142. The second kappa shape index (κ2) is 19.9. The lowest BCUT2D eigenvalue weighted by atomic mass is 10.1. The molecule has 0 aliphatic carbocycles. The van der Waals surface area contributed by atoms with Gasteiger partial charge in [-0.25, -0.2) is 0 Å². The Hall–Kier alpha value is -4.58. The summed E-state index contributed by atoms with van der Waals surface area (Å²) >= 11 is 1.09. The molecule has 12 nitrogen and oxygen atoms in total. The number of methoxy groups -OCH3 is 2. The van der Waals surface area contributed by atoms with Crippen LogP contribution in [0.15, 0.2) is 91.0 Å². The van der Waals surface area contributed by atoms with E-state index in [-0.39, 0.29) is 43.4 Å². The number of carbonyl (C=O) groups is 6. The highest BCUT2D eigenvalue weighted by Crippen LogP contribution is 2.55. The van der Waals surface area contributed by atoms with Crippen molar-refractivity contribution < 1.29 is 38.2 Å². The van der Waals surface area contributed by atoms with Crippen molar-refractivity contribution >= 4 is 70.5 Å². The number of hydrogen-bond acceptors (Lipinski definition) is 10. The van der Waals surface area contributed by atoms with Gasteiger partial charge in [0.05, 0.1) is 25.6 Å². The van der Waals surface area contributed by atoms with Crippen LogP contribution in [0.1, 0.15) is 32.1 Å². The highest BCUT2D eigenvalue weighted by molar-refractivity contribution is 8.00. The monoisotopic (exact) mass is 749 g/mol. The van der Waals surface area contributed by atoms with Crippen molar-refractivity contribution in [2.24, 2.45) is 5.73 Å². The summed E-state index contributed by atoms with van der Waals surface area (Å²) in [6.07, 6.45) is 2.03. The van der Waals surface area contributed by atoms with E-state index in [0.29, 0.717) is 6.42 Å². The maximum absolute atomic E-state index is 13.5. The van der Waals surface area contributed by atoms with Crippen LogP contribution in [-0.2, 0) is 38.2 Å². The third kappa shape index (κ3) is 10.5. The van der Waals surface area contributed by atoms with Crippen LogP contribution in [0.5, 0.6) is 0 Å². The van der Waals surface area contributed by atoms with Crippen LogP contribution in [-0.4, -0.2) is 97.0 Å². The van der Waals surface area contributed by atoms with E-state index in [4.69, 9.17) is 5.73 Å². The van der Waals surface area contributed by atoms with E-state index in [1.807, 2.05) is 18.2 Å². The number of nitrogens with two attached hydrogens (primary N) is 1. The summed E-state index contributed by atoms with van der Waals surface area (Å²) in [5.74, 6) is -3.25. The summed E-state index contributed by atoms with van der Waals surface area (Å²) in [5, 5.41) is 8.06. The van der Waals surface area contributed by atoms with Crippen molar-refractivity contribution in [1.82, 2.24) is 15.5 Å². The van der Waals surface area contributed by atoms with E-state index in [9.17, 15) is 28.8 Å². The molecule has 1 heterocycles. The van der Waals surface area contributed by atoms with Gasteiger partial charge in [-0.05, 0) is 55.7 Å². The molecule has 0 saturated carbocycles. The number of ether oxygens (including phenoxy) is 2. The summed E-state index contributed by atoms with van der Waals surface area (Å²) in [7, 11) is 0.309. The molecule has 1 aliphatic rings. The third-order valence-electron chi connectivity index (χ3n) is 8.86. The van der Waals surface area contributed by atoms with Crippen LogP contribution in [0.2, 0.25) is 0 Å². The normalized spacial score (nSPS) is 15.4. The van der Waals surface area contributed by atoms with Gasteiger partial charge in [0.15, 0.2) is 0 Å². The van der Waals surface area contributed by atoms with Gasteiger partial charge in [-0.3, -0.25) is 33.7 Å². The molecule has 276 valence electrons. The SMILES string of the molecule is COC(=O)CNC(=O)C(CSC1CC(=O)N(CCCC[P+](c2ccccc2)(c2ccccc2)c2ccccc2)C1=O)NC(=O)CCC(N)C(=O)OC. The van der Waals surface area contributed by atoms with Gasteiger partial charge in [-0.15, -0.1) is 11.8 Å². The van der Waals surface area contributed by atoms with Crippen molar-refractivity contribution in [3.05, 3.63) is 91.0 Å². The summed E-state index contributed by atoms with van der Waals surface area (Å²) in [5.41, 5.74) is 5.73. The smallest absolute Gasteiger partial charge is 0.325 e. The number of hydrogen-bond donors (Lipinski definition) is 3. The molecule has 14 heteroatoms. The Morgan fingerprint density at radius 3 is 1.94 bits per heavy atom. The van der Waals surface area contributed by atoms with Crippen molar-refractivity contribution in [1.29, 1.82) is 0 Å². The number of carbonyl (C=O) groups excluding carboxylic acids is 6. The zero-order chi connectivity index (χ0) is 37.5. The molecule has 4 N–H and O–H groups in total. The second-order valence-electron chi connectivity index (χ2n) is 12.2. The second-order valence-corrected chi connectivity index (χ2v) is 17.1. The fourth-order valence-corrected chi connectivity index (χ4v) is 11.7. The molecule has 0 spiro atoms. The first-order valence-electron chi connectivity index (χ1n) is 17.1. The molecule has 3 aromatic rings. The lowest BCUT2D eigenvalue weighted by Crippen LogP contribution is -2.50. The van der Waals surface area contributed by atoms with E-state index in [1.165, 1.54) is 35.0 Å². The average Bonchev–Trinajstić information content (AvgIpc) is 3.45.